The lowest BCUT2D eigenvalue weighted by atomic mass is 10.0. The number of aryl methyl sites for hydroxylation is 1. The molecular formula is C19H29N5O2. The van der Waals surface area contributed by atoms with Crippen molar-refractivity contribution in [2.75, 3.05) is 64.4 Å². The summed E-state index contributed by atoms with van der Waals surface area (Å²) in [6, 6.07) is 8.16. The van der Waals surface area contributed by atoms with E-state index in [1.165, 1.54) is 5.56 Å². The number of nitrogens with zero attached hydrogens (tertiary/aromatic N) is 3. The molecule has 3 rings (SSSR count). The zero-order chi connectivity index (χ0) is 18.2. The molecule has 0 aromatic heterocycles. The predicted molar refractivity (Wildman–Crippen MR) is 104 cm³/mol. The molecule has 0 atom stereocenters. The number of benzene rings is 1. The van der Waals surface area contributed by atoms with Crippen LogP contribution in [0.3, 0.4) is 0 Å². The van der Waals surface area contributed by atoms with Crippen LogP contribution in [0.5, 0.6) is 0 Å². The number of para-hydroxylation sites is 1. The van der Waals surface area contributed by atoms with E-state index in [0.717, 1.165) is 64.5 Å². The Balaban J connectivity index is 1.44. The molecule has 1 aromatic carbocycles. The summed E-state index contributed by atoms with van der Waals surface area (Å²) in [7, 11) is 1.73. The minimum absolute atomic E-state index is 0.0771. The van der Waals surface area contributed by atoms with E-state index in [0.29, 0.717) is 5.96 Å². The van der Waals surface area contributed by atoms with Crippen molar-refractivity contribution in [3.05, 3.63) is 29.8 Å². The number of ether oxygens (including phenoxy) is 1. The minimum Gasteiger partial charge on any atom is -0.379 e. The van der Waals surface area contributed by atoms with E-state index in [9.17, 15) is 4.79 Å². The van der Waals surface area contributed by atoms with Gasteiger partial charge in [-0.25, -0.2) is 0 Å². The lowest BCUT2D eigenvalue weighted by molar-refractivity contribution is -0.117. The van der Waals surface area contributed by atoms with Crippen LogP contribution in [0.4, 0.5) is 5.69 Å². The number of fused-ring (bicyclic) bond motifs is 1. The molecule has 1 saturated heterocycles. The van der Waals surface area contributed by atoms with Crippen LogP contribution in [0.25, 0.3) is 0 Å². The van der Waals surface area contributed by atoms with Gasteiger partial charge in [0.2, 0.25) is 5.91 Å². The molecule has 1 aromatic rings. The van der Waals surface area contributed by atoms with E-state index in [-0.39, 0.29) is 12.5 Å². The van der Waals surface area contributed by atoms with Gasteiger partial charge in [0, 0.05) is 45.5 Å². The number of rotatable bonds is 5. The van der Waals surface area contributed by atoms with Gasteiger partial charge in [0.25, 0.3) is 0 Å². The van der Waals surface area contributed by atoms with Crippen molar-refractivity contribution in [1.82, 2.24) is 15.5 Å². The molecule has 2 aliphatic heterocycles. The summed E-state index contributed by atoms with van der Waals surface area (Å²) in [4.78, 5) is 21.1. The highest BCUT2D eigenvalue weighted by molar-refractivity contribution is 5.98. The van der Waals surface area contributed by atoms with E-state index in [4.69, 9.17) is 4.74 Å². The molecule has 0 bridgehead atoms. The molecule has 2 aliphatic rings. The normalized spacial score (nSPS) is 18.3. The van der Waals surface area contributed by atoms with Gasteiger partial charge in [0.05, 0.1) is 19.8 Å². The second kappa shape index (κ2) is 9.54. The molecule has 0 aliphatic carbocycles. The molecule has 7 nitrogen and oxygen atoms in total. The van der Waals surface area contributed by atoms with Gasteiger partial charge in [-0.15, -0.1) is 0 Å². The quantitative estimate of drug-likeness (QED) is 0.591. The number of carbonyl (C=O) groups is 1. The fourth-order valence-corrected chi connectivity index (χ4v) is 3.43. The summed E-state index contributed by atoms with van der Waals surface area (Å²) < 4.78 is 5.36. The van der Waals surface area contributed by atoms with E-state index in [1.54, 1.807) is 7.05 Å². The third-order valence-corrected chi connectivity index (χ3v) is 4.87. The van der Waals surface area contributed by atoms with Crippen molar-refractivity contribution in [2.24, 2.45) is 4.99 Å². The number of carbonyl (C=O) groups excluding carboxylic acids is 1. The fourth-order valence-electron chi connectivity index (χ4n) is 3.43. The van der Waals surface area contributed by atoms with Crippen LogP contribution >= 0.6 is 0 Å². The SMILES string of the molecule is CN=C(NCCN1CCOCC1)NCC(=O)N1CCCc2ccccc21. The number of morpholine rings is 1. The Labute approximate surface area is 155 Å². The molecule has 142 valence electrons. The standard InChI is InChI=1S/C19H29N5O2/c1-20-19(21-8-10-23-11-13-26-14-12-23)22-15-18(25)24-9-4-6-16-5-2-3-7-17(16)24/h2-3,5,7H,4,6,8-15H2,1H3,(H2,20,21,22). The van der Waals surface area contributed by atoms with Crippen molar-refractivity contribution >= 4 is 17.6 Å². The molecular weight excluding hydrogens is 330 g/mol. The maximum absolute atomic E-state index is 12.7. The molecule has 0 saturated carbocycles. The topological polar surface area (TPSA) is 69.2 Å². The van der Waals surface area contributed by atoms with Gasteiger partial charge in [0.15, 0.2) is 5.96 Å². The van der Waals surface area contributed by atoms with Crippen LogP contribution in [0.1, 0.15) is 12.0 Å². The molecule has 2 N–H and O–H groups in total. The molecule has 1 amide bonds. The summed E-state index contributed by atoms with van der Waals surface area (Å²) in [6.07, 6.45) is 2.05. The third kappa shape index (κ3) is 4.95. The second-order valence-corrected chi connectivity index (χ2v) is 6.58. The Morgan fingerprint density at radius 2 is 2.00 bits per heavy atom. The minimum atomic E-state index is 0.0771. The maximum Gasteiger partial charge on any atom is 0.246 e. The first-order valence-electron chi connectivity index (χ1n) is 9.41. The van der Waals surface area contributed by atoms with Crippen LogP contribution in [0.15, 0.2) is 29.3 Å². The summed E-state index contributed by atoms with van der Waals surface area (Å²) in [5, 5.41) is 6.42. The number of hydrogen-bond donors (Lipinski definition) is 2. The fraction of sp³-hybridized carbons (Fsp3) is 0.579. The first kappa shape index (κ1) is 18.7. The monoisotopic (exact) mass is 359 g/mol. The summed E-state index contributed by atoms with van der Waals surface area (Å²) in [5.74, 6) is 0.741. The van der Waals surface area contributed by atoms with Crippen LogP contribution in [0.2, 0.25) is 0 Å². The predicted octanol–water partition coefficient (Wildman–Crippen LogP) is 0.463. The van der Waals surface area contributed by atoms with Gasteiger partial charge in [-0.1, -0.05) is 18.2 Å². The zero-order valence-corrected chi connectivity index (χ0v) is 15.5. The smallest absolute Gasteiger partial charge is 0.246 e. The largest absolute Gasteiger partial charge is 0.379 e. The zero-order valence-electron chi connectivity index (χ0n) is 15.5. The first-order chi connectivity index (χ1) is 12.8. The Kier molecular flexibility index (Phi) is 6.85. The van der Waals surface area contributed by atoms with Crippen LogP contribution in [-0.4, -0.2) is 76.3 Å². The number of guanidine groups is 1. The molecule has 0 unspecified atom stereocenters. The summed E-state index contributed by atoms with van der Waals surface area (Å²) in [6.45, 7) is 6.31. The Morgan fingerprint density at radius 1 is 1.19 bits per heavy atom. The van der Waals surface area contributed by atoms with E-state index < -0.39 is 0 Å². The lowest BCUT2D eigenvalue weighted by Gasteiger charge is -2.30. The van der Waals surface area contributed by atoms with Gasteiger partial charge in [-0.05, 0) is 24.5 Å². The summed E-state index contributed by atoms with van der Waals surface area (Å²) >= 11 is 0. The number of aliphatic imine (C=N–C) groups is 1. The van der Waals surface area contributed by atoms with Gasteiger partial charge in [0.1, 0.15) is 0 Å². The molecule has 0 radical (unpaired) electrons. The highest BCUT2D eigenvalue weighted by Crippen LogP contribution is 2.26. The highest BCUT2D eigenvalue weighted by Gasteiger charge is 2.22. The molecule has 0 spiro atoms. The molecule has 26 heavy (non-hydrogen) atoms. The van der Waals surface area contributed by atoms with Crippen molar-refractivity contribution in [3.8, 4) is 0 Å². The van der Waals surface area contributed by atoms with Crippen LogP contribution < -0.4 is 15.5 Å². The van der Waals surface area contributed by atoms with E-state index >= 15 is 0 Å². The summed E-state index contributed by atoms with van der Waals surface area (Å²) in [5.41, 5.74) is 2.29. The highest BCUT2D eigenvalue weighted by atomic mass is 16.5. The van der Waals surface area contributed by atoms with Gasteiger partial charge >= 0.3 is 0 Å². The van der Waals surface area contributed by atoms with Gasteiger partial charge < -0.3 is 20.3 Å². The molecule has 7 heteroatoms. The first-order valence-corrected chi connectivity index (χ1v) is 9.41. The Morgan fingerprint density at radius 3 is 2.81 bits per heavy atom. The average Bonchev–Trinajstić information content (AvgIpc) is 2.70. The lowest BCUT2D eigenvalue weighted by Crippen LogP contribution is -2.48. The van der Waals surface area contributed by atoms with Crippen LogP contribution in [-0.2, 0) is 16.0 Å². The molecule has 1 fully saturated rings. The number of hydrogen-bond acceptors (Lipinski definition) is 4. The maximum atomic E-state index is 12.7. The van der Waals surface area contributed by atoms with Gasteiger partial charge in [-0.2, -0.15) is 0 Å². The van der Waals surface area contributed by atoms with Crippen LogP contribution in [0, 0.1) is 0 Å². The van der Waals surface area contributed by atoms with E-state index in [2.05, 4.69) is 26.6 Å². The Bertz CT molecular complexity index is 628. The van der Waals surface area contributed by atoms with Gasteiger partial charge in [-0.3, -0.25) is 14.7 Å². The number of anilines is 1. The van der Waals surface area contributed by atoms with Crippen molar-refractivity contribution in [1.29, 1.82) is 0 Å². The van der Waals surface area contributed by atoms with Crippen molar-refractivity contribution in [3.63, 3.8) is 0 Å². The number of nitrogens with one attached hydrogen (secondary N) is 2. The number of amides is 1. The molecule has 2 heterocycles. The Hall–Kier alpha value is -2.12. The second-order valence-electron chi connectivity index (χ2n) is 6.58. The van der Waals surface area contributed by atoms with Crippen molar-refractivity contribution in [2.45, 2.75) is 12.8 Å². The van der Waals surface area contributed by atoms with Crippen molar-refractivity contribution < 1.29 is 9.53 Å². The average molecular weight is 359 g/mol. The van der Waals surface area contributed by atoms with E-state index in [1.807, 2.05) is 23.1 Å². The third-order valence-electron chi connectivity index (χ3n) is 4.87.